The van der Waals surface area contributed by atoms with E-state index in [0.717, 1.165) is 47.7 Å². The van der Waals surface area contributed by atoms with E-state index in [-0.39, 0.29) is 0 Å². The van der Waals surface area contributed by atoms with E-state index in [9.17, 15) is 0 Å². The fourth-order valence-corrected chi connectivity index (χ4v) is 2.85. The van der Waals surface area contributed by atoms with Crippen molar-refractivity contribution in [2.75, 3.05) is 11.5 Å². The van der Waals surface area contributed by atoms with E-state index in [2.05, 4.69) is 4.98 Å². The molecule has 1 aromatic heterocycles. The molecule has 5 N–H and O–H groups in total. The molecule has 0 fully saturated rings. The second kappa shape index (κ2) is 3.98. The number of benzene rings is 1. The Balaban J connectivity index is 2.47. The smallest absolute Gasteiger partial charge is 0.127 e. The number of fused-ring (bicyclic) bond motifs is 3. The van der Waals surface area contributed by atoms with E-state index in [1.165, 1.54) is 11.8 Å². The molecule has 18 heavy (non-hydrogen) atoms. The van der Waals surface area contributed by atoms with Crippen LogP contribution in [-0.4, -0.2) is 11.2 Å². The van der Waals surface area contributed by atoms with Gasteiger partial charge in [0.05, 0.1) is 5.52 Å². The molecule has 4 heteroatoms. The van der Waals surface area contributed by atoms with Gasteiger partial charge in [-0.25, -0.2) is 4.98 Å². The maximum absolute atomic E-state index is 7.57. The molecule has 0 bridgehead atoms. The molecule has 1 heterocycles. The zero-order valence-corrected chi connectivity index (χ0v) is 10.2. The van der Waals surface area contributed by atoms with E-state index in [4.69, 9.17) is 16.9 Å². The standard InChI is InChI=1S/C14H16N4/c15-7-10-11(16)5-6-12-13(10)8-3-1-2-4-9(8)14(17)18-12/h5-7,15H,1-4,16H2,(H2,17,18). The molecule has 1 aromatic carbocycles. The lowest BCUT2D eigenvalue weighted by atomic mass is 9.87. The third kappa shape index (κ3) is 1.45. The average Bonchev–Trinajstić information content (AvgIpc) is 2.40. The number of aryl methyl sites for hydroxylation is 1. The lowest BCUT2D eigenvalue weighted by molar-refractivity contribution is 0.689. The summed E-state index contributed by atoms with van der Waals surface area (Å²) in [5, 5.41) is 8.60. The number of hydrogen-bond donors (Lipinski definition) is 3. The van der Waals surface area contributed by atoms with Crippen molar-refractivity contribution in [1.82, 2.24) is 4.98 Å². The highest BCUT2D eigenvalue weighted by Gasteiger charge is 2.19. The minimum absolute atomic E-state index is 0.636. The molecule has 0 radical (unpaired) electrons. The Morgan fingerprint density at radius 2 is 1.83 bits per heavy atom. The Kier molecular flexibility index (Phi) is 2.44. The molecule has 0 saturated heterocycles. The number of hydrogen-bond acceptors (Lipinski definition) is 4. The highest BCUT2D eigenvalue weighted by molar-refractivity contribution is 6.05. The van der Waals surface area contributed by atoms with Gasteiger partial charge in [-0.3, -0.25) is 0 Å². The molecule has 1 aliphatic carbocycles. The zero-order chi connectivity index (χ0) is 12.7. The minimum atomic E-state index is 0.636. The Morgan fingerprint density at radius 1 is 1.11 bits per heavy atom. The van der Waals surface area contributed by atoms with Crippen LogP contribution in [0.4, 0.5) is 11.5 Å². The van der Waals surface area contributed by atoms with E-state index >= 15 is 0 Å². The van der Waals surface area contributed by atoms with Crippen molar-refractivity contribution in [3.63, 3.8) is 0 Å². The summed E-state index contributed by atoms with van der Waals surface area (Å²) in [4.78, 5) is 4.46. The van der Waals surface area contributed by atoms with E-state index in [1.54, 1.807) is 6.07 Å². The number of nitrogen functional groups attached to an aromatic ring is 2. The van der Waals surface area contributed by atoms with Crippen molar-refractivity contribution in [1.29, 1.82) is 5.41 Å². The SMILES string of the molecule is N=Cc1c(N)ccc2nc(N)c3c(c12)CCCC3. The zero-order valence-electron chi connectivity index (χ0n) is 10.2. The molecule has 0 saturated carbocycles. The molecule has 3 rings (SSSR count). The van der Waals surface area contributed by atoms with E-state index < -0.39 is 0 Å². The van der Waals surface area contributed by atoms with Crippen molar-refractivity contribution >= 4 is 28.6 Å². The maximum atomic E-state index is 7.57. The van der Waals surface area contributed by atoms with Crippen LogP contribution in [0.25, 0.3) is 10.9 Å². The first kappa shape index (κ1) is 11.0. The normalized spacial score (nSPS) is 14.4. The number of nitrogens with two attached hydrogens (primary N) is 2. The monoisotopic (exact) mass is 240 g/mol. The summed E-state index contributed by atoms with van der Waals surface area (Å²) in [5.41, 5.74) is 16.7. The molecular formula is C14H16N4. The number of rotatable bonds is 1. The first-order chi connectivity index (χ1) is 8.72. The van der Waals surface area contributed by atoms with Crippen molar-refractivity contribution in [3.8, 4) is 0 Å². The summed E-state index contributed by atoms with van der Waals surface area (Å²) in [7, 11) is 0. The van der Waals surface area contributed by atoms with Crippen LogP contribution in [-0.2, 0) is 12.8 Å². The van der Waals surface area contributed by atoms with Crippen LogP contribution < -0.4 is 11.5 Å². The van der Waals surface area contributed by atoms with Crippen molar-refractivity contribution in [3.05, 3.63) is 28.8 Å². The molecule has 0 amide bonds. The lowest BCUT2D eigenvalue weighted by Crippen LogP contribution is -2.10. The summed E-state index contributed by atoms with van der Waals surface area (Å²) in [6, 6.07) is 3.69. The summed E-state index contributed by atoms with van der Waals surface area (Å²) >= 11 is 0. The van der Waals surface area contributed by atoms with Crippen LogP contribution in [0.3, 0.4) is 0 Å². The fraction of sp³-hybridized carbons (Fsp3) is 0.286. The Morgan fingerprint density at radius 3 is 2.56 bits per heavy atom. The summed E-state index contributed by atoms with van der Waals surface area (Å²) in [6.45, 7) is 0. The summed E-state index contributed by atoms with van der Waals surface area (Å²) < 4.78 is 0. The quantitative estimate of drug-likeness (QED) is 0.527. The van der Waals surface area contributed by atoms with Crippen molar-refractivity contribution in [2.24, 2.45) is 0 Å². The van der Waals surface area contributed by atoms with Crippen LogP contribution in [0.1, 0.15) is 29.5 Å². The van der Waals surface area contributed by atoms with Crippen molar-refractivity contribution < 1.29 is 0 Å². The molecule has 0 aliphatic heterocycles. The topological polar surface area (TPSA) is 88.8 Å². The van der Waals surface area contributed by atoms with Gasteiger partial charge in [-0.2, -0.15) is 0 Å². The summed E-state index contributed by atoms with van der Waals surface area (Å²) in [5.74, 6) is 0.637. The third-order valence-electron chi connectivity index (χ3n) is 3.72. The van der Waals surface area contributed by atoms with Gasteiger partial charge in [-0.1, -0.05) is 0 Å². The lowest BCUT2D eigenvalue weighted by Gasteiger charge is -2.20. The van der Waals surface area contributed by atoms with Gasteiger partial charge in [0.15, 0.2) is 0 Å². The molecule has 92 valence electrons. The van der Waals surface area contributed by atoms with Crippen LogP contribution in [0.2, 0.25) is 0 Å². The van der Waals surface area contributed by atoms with Gasteiger partial charge in [0, 0.05) is 22.9 Å². The average molecular weight is 240 g/mol. The molecule has 1 aliphatic rings. The number of nitrogens with one attached hydrogen (secondary N) is 1. The number of pyridine rings is 1. The Bertz CT molecular complexity index is 646. The molecule has 4 nitrogen and oxygen atoms in total. The van der Waals surface area contributed by atoms with Gasteiger partial charge in [-0.15, -0.1) is 0 Å². The van der Waals surface area contributed by atoms with Gasteiger partial charge < -0.3 is 16.9 Å². The molecular weight excluding hydrogens is 224 g/mol. The fourth-order valence-electron chi connectivity index (χ4n) is 2.85. The molecule has 0 atom stereocenters. The van der Waals surface area contributed by atoms with Gasteiger partial charge in [0.1, 0.15) is 5.82 Å². The second-order valence-electron chi connectivity index (χ2n) is 4.77. The Labute approximate surface area is 106 Å². The highest BCUT2D eigenvalue weighted by Crippen LogP contribution is 2.34. The van der Waals surface area contributed by atoms with Crippen LogP contribution in [0.15, 0.2) is 12.1 Å². The predicted molar refractivity (Wildman–Crippen MR) is 75.1 cm³/mol. The van der Waals surface area contributed by atoms with E-state index in [1.807, 2.05) is 6.07 Å². The van der Waals surface area contributed by atoms with Crippen LogP contribution in [0, 0.1) is 5.41 Å². The second-order valence-corrected chi connectivity index (χ2v) is 4.77. The Hall–Kier alpha value is -2.10. The van der Waals surface area contributed by atoms with Gasteiger partial charge in [-0.05, 0) is 48.9 Å². The van der Waals surface area contributed by atoms with Gasteiger partial charge in [0.2, 0.25) is 0 Å². The predicted octanol–water partition coefficient (Wildman–Crippen LogP) is 2.28. The first-order valence-corrected chi connectivity index (χ1v) is 6.22. The molecule has 0 unspecified atom stereocenters. The molecule has 2 aromatic rings. The van der Waals surface area contributed by atoms with Gasteiger partial charge >= 0.3 is 0 Å². The number of anilines is 2. The summed E-state index contributed by atoms with van der Waals surface area (Å²) in [6.07, 6.45) is 5.63. The van der Waals surface area contributed by atoms with Crippen LogP contribution in [0.5, 0.6) is 0 Å². The number of aromatic nitrogens is 1. The third-order valence-corrected chi connectivity index (χ3v) is 3.72. The number of nitrogens with zero attached hydrogens (tertiary/aromatic N) is 1. The van der Waals surface area contributed by atoms with Gasteiger partial charge in [0.25, 0.3) is 0 Å². The molecule has 0 spiro atoms. The maximum Gasteiger partial charge on any atom is 0.127 e. The first-order valence-electron chi connectivity index (χ1n) is 6.22. The largest absolute Gasteiger partial charge is 0.398 e. The van der Waals surface area contributed by atoms with Crippen LogP contribution >= 0.6 is 0 Å². The highest BCUT2D eigenvalue weighted by atomic mass is 14.8. The van der Waals surface area contributed by atoms with Crippen molar-refractivity contribution in [2.45, 2.75) is 25.7 Å². The van der Waals surface area contributed by atoms with E-state index in [0.29, 0.717) is 11.5 Å². The minimum Gasteiger partial charge on any atom is -0.398 e.